The van der Waals surface area contributed by atoms with Crippen LogP contribution in [0.5, 0.6) is 0 Å². The highest BCUT2D eigenvalue weighted by atomic mass is 32.1. The molecule has 2 aliphatic carbocycles. The van der Waals surface area contributed by atoms with Gasteiger partial charge in [0.1, 0.15) is 0 Å². The Hall–Kier alpha value is -3.89. The molecule has 3 heterocycles. The van der Waals surface area contributed by atoms with Gasteiger partial charge < -0.3 is 8.98 Å². The van der Waals surface area contributed by atoms with Crippen molar-refractivity contribution in [3.8, 4) is 28.5 Å². The molecule has 3 aromatic carbocycles. The first-order valence-electron chi connectivity index (χ1n) is 13.1. The predicted octanol–water partition coefficient (Wildman–Crippen LogP) is 9.35. The van der Waals surface area contributed by atoms with Gasteiger partial charge in [0.2, 0.25) is 5.89 Å². The van der Waals surface area contributed by atoms with E-state index in [0.29, 0.717) is 17.7 Å². The number of rotatable bonds is 2. The number of fused-ring (bicyclic) bond motifs is 8. The first kappa shape index (κ1) is 21.2. The van der Waals surface area contributed by atoms with E-state index in [0.717, 1.165) is 29.9 Å². The van der Waals surface area contributed by atoms with Crippen LogP contribution in [0.2, 0.25) is 0 Å². The highest BCUT2D eigenvalue weighted by Gasteiger charge is 2.37. The number of allylic oxidation sites excluding steroid dienone is 1. The van der Waals surface area contributed by atoms with Crippen molar-refractivity contribution < 1.29 is 4.42 Å². The van der Waals surface area contributed by atoms with Crippen molar-refractivity contribution in [3.63, 3.8) is 0 Å². The van der Waals surface area contributed by atoms with Gasteiger partial charge in [-0.15, -0.1) is 11.3 Å². The molecule has 180 valence electrons. The molecule has 37 heavy (non-hydrogen) atoms. The van der Waals surface area contributed by atoms with Crippen molar-refractivity contribution in [2.75, 3.05) is 0 Å². The van der Waals surface area contributed by atoms with Crippen LogP contribution in [0.1, 0.15) is 54.7 Å². The summed E-state index contributed by atoms with van der Waals surface area (Å²) in [5.41, 5.74) is 8.68. The van der Waals surface area contributed by atoms with Crippen LogP contribution < -0.4 is 0 Å². The summed E-state index contributed by atoms with van der Waals surface area (Å²) < 4.78 is 11.9. The quantitative estimate of drug-likeness (QED) is 0.238. The topological polar surface area (TPSA) is 31.0 Å². The molecule has 4 heteroatoms. The summed E-state index contributed by atoms with van der Waals surface area (Å²) in [5, 5.41) is 2.67. The smallest absolute Gasteiger partial charge is 0.227 e. The summed E-state index contributed by atoms with van der Waals surface area (Å²) in [4.78, 5) is 5.00. The molecule has 0 saturated carbocycles. The molecule has 0 saturated heterocycles. The number of hydrogen-bond donors (Lipinski definition) is 0. The van der Waals surface area contributed by atoms with Gasteiger partial charge in [-0.1, -0.05) is 74.5 Å². The SMILES string of the molecule is CC1CC=Cc2c3c(n(-c4cccc5c4sc4ccccc45)c21)C(C)Cc1nc(-c2ccccc2)oc1-3. The average molecular weight is 499 g/mol. The van der Waals surface area contributed by atoms with E-state index >= 15 is 0 Å². The molecular formula is C33H26N2OS. The van der Waals surface area contributed by atoms with E-state index in [4.69, 9.17) is 9.40 Å². The molecule has 8 rings (SSSR count). The molecule has 0 spiro atoms. The Morgan fingerprint density at radius 2 is 1.68 bits per heavy atom. The van der Waals surface area contributed by atoms with Crippen LogP contribution in [-0.4, -0.2) is 9.55 Å². The Morgan fingerprint density at radius 3 is 2.57 bits per heavy atom. The molecule has 0 aliphatic heterocycles. The van der Waals surface area contributed by atoms with Crippen molar-refractivity contribution in [3.05, 3.63) is 102 Å². The van der Waals surface area contributed by atoms with Gasteiger partial charge in [0.25, 0.3) is 0 Å². The number of nitrogens with zero attached hydrogens (tertiary/aromatic N) is 2. The molecular weight excluding hydrogens is 472 g/mol. The zero-order valence-corrected chi connectivity index (χ0v) is 21.7. The van der Waals surface area contributed by atoms with Gasteiger partial charge >= 0.3 is 0 Å². The fourth-order valence-electron chi connectivity index (χ4n) is 6.43. The third kappa shape index (κ3) is 2.96. The van der Waals surface area contributed by atoms with Crippen molar-refractivity contribution in [2.24, 2.45) is 0 Å². The highest BCUT2D eigenvalue weighted by molar-refractivity contribution is 7.26. The zero-order chi connectivity index (χ0) is 24.7. The van der Waals surface area contributed by atoms with Gasteiger partial charge in [-0.2, -0.15) is 0 Å². The van der Waals surface area contributed by atoms with Gasteiger partial charge in [-0.25, -0.2) is 4.98 Å². The van der Waals surface area contributed by atoms with Crippen molar-refractivity contribution >= 4 is 37.6 Å². The second-order valence-electron chi connectivity index (χ2n) is 10.5. The monoisotopic (exact) mass is 498 g/mol. The Kier molecular flexibility index (Phi) is 4.47. The lowest BCUT2D eigenvalue weighted by molar-refractivity contribution is 0.577. The Labute approximate surface area is 219 Å². The second kappa shape index (κ2) is 7.80. The molecule has 3 nitrogen and oxygen atoms in total. The molecule has 0 amide bonds. The van der Waals surface area contributed by atoms with Crippen molar-refractivity contribution in [1.82, 2.24) is 9.55 Å². The summed E-state index contributed by atoms with van der Waals surface area (Å²) >= 11 is 1.90. The normalized spacial score (nSPS) is 18.2. The zero-order valence-electron chi connectivity index (χ0n) is 20.9. The summed E-state index contributed by atoms with van der Waals surface area (Å²) in [5.74, 6) is 2.41. The van der Waals surface area contributed by atoms with Gasteiger partial charge in [0.15, 0.2) is 5.76 Å². The molecule has 0 bridgehead atoms. The minimum absolute atomic E-state index is 0.326. The van der Waals surface area contributed by atoms with Gasteiger partial charge in [0.05, 0.1) is 16.1 Å². The molecule has 0 fully saturated rings. The fourth-order valence-corrected chi connectivity index (χ4v) is 7.64. The molecule has 0 radical (unpaired) electrons. The minimum Gasteiger partial charge on any atom is -0.436 e. The maximum absolute atomic E-state index is 6.60. The van der Waals surface area contributed by atoms with E-state index < -0.39 is 0 Å². The number of aromatic nitrogens is 2. The van der Waals surface area contributed by atoms with E-state index in [9.17, 15) is 0 Å². The van der Waals surface area contributed by atoms with Gasteiger partial charge in [-0.3, -0.25) is 0 Å². The first-order valence-corrected chi connectivity index (χ1v) is 13.9. The lowest BCUT2D eigenvalue weighted by Gasteiger charge is -2.23. The third-order valence-corrected chi connectivity index (χ3v) is 9.27. The fraction of sp³-hybridized carbons (Fsp3) is 0.182. The Morgan fingerprint density at radius 1 is 0.865 bits per heavy atom. The third-order valence-electron chi connectivity index (χ3n) is 8.06. The Bertz CT molecular complexity index is 1870. The highest BCUT2D eigenvalue weighted by Crippen LogP contribution is 2.51. The van der Waals surface area contributed by atoms with Crippen LogP contribution in [0.3, 0.4) is 0 Å². The van der Waals surface area contributed by atoms with Crippen LogP contribution >= 0.6 is 11.3 Å². The molecule has 2 unspecified atom stereocenters. The maximum atomic E-state index is 6.60. The van der Waals surface area contributed by atoms with Crippen molar-refractivity contribution in [2.45, 2.75) is 38.5 Å². The van der Waals surface area contributed by atoms with Crippen LogP contribution in [0.15, 0.2) is 83.3 Å². The summed E-state index contributed by atoms with van der Waals surface area (Å²) in [6, 6.07) is 25.8. The van der Waals surface area contributed by atoms with E-state index in [-0.39, 0.29) is 0 Å². The van der Waals surface area contributed by atoms with E-state index in [1.807, 2.05) is 29.5 Å². The van der Waals surface area contributed by atoms with Crippen molar-refractivity contribution in [1.29, 1.82) is 0 Å². The molecule has 0 N–H and O–H groups in total. The molecule has 2 aliphatic rings. The summed E-state index contributed by atoms with van der Waals surface area (Å²) in [6.45, 7) is 4.71. The summed E-state index contributed by atoms with van der Waals surface area (Å²) in [7, 11) is 0. The molecule has 2 atom stereocenters. The lowest BCUT2D eigenvalue weighted by Crippen LogP contribution is -2.14. The van der Waals surface area contributed by atoms with Gasteiger partial charge in [-0.05, 0) is 30.7 Å². The number of thiophene rings is 1. The standard InChI is InChI=1S/C33H26N2OS/c1-19-10-8-15-24-28-30(20(2)18-25-31(28)36-33(34-25)21-11-4-3-5-12-21)35(29(19)24)26-16-9-14-23-22-13-6-7-17-27(22)37-32(23)26/h3-9,11-17,19-20H,10,18H2,1-2H3. The second-order valence-corrected chi connectivity index (χ2v) is 11.5. The number of oxazole rings is 1. The predicted molar refractivity (Wildman–Crippen MR) is 154 cm³/mol. The van der Waals surface area contributed by atoms with Crippen LogP contribution in [0, 0.1) is 0 Å². The van der Waals surface area contributed by atoms with E-state index in [1.165, 1.54) is 48.4 Å². The maximum Gasteiger partial charge on any atom is 0.227 e. The number of benzene rings is 3. The summed E-state index contributed by atoms with van der Waals surface area (Å²) in [6.07, 6.45) is 6.57. The van der Waals surface area contributed by atoms with Crippen LogP contribution in [0.25, 0.3) is 54.7 Å². The lowest BCUT2D eigenvalue weighted by atomic mass is 9.86. The van der Waals surface area contributed by atoms with E-state index in [1.54, 1.807) is 0 Å². The van der Waals surface area contributed by atoms with E-state index in [2.05, 4.69) is 85.2 Å². The molecule has 3 aromatic heterocycles. The minimum atomic E-state index is 0.326. The largest absolute Gasteiger partial charge is 0.436 e. The van der Waals surface area contributed by atoms with Crippen LogP contribution in [-0.2, 0) is 6.42 Å². The molecule has 6 aromatic rings. The average Bonchev–Trinajstić information content (AvgIpc) is 3.61. The Balaban J connectivity index is 1.45. The number of hydrogen-bond acceptors (Lipinski definition) is 3. The first-order chi connectivity index (χ1) is 18.2. The van der Waals surface area contributed by atoms with Gasteiger partial charge in [0, 0.05) is 61.8 Å². The van der Waals surface area contributed by atoms with Crippen LogP contribution in [0.4, 0.5) is 0 Å².